The zero-order valence-electron chi connectivity index (χ0n) is 10.6. The van der Waals surface area contributed by atoms with Crippen molar-refractivity contribution >= 4 is 27.8 Å². The third kappa shape index (κ3) is 4.40. The van der Waals surface area contributed by atoms with Crippen LogP contribution >= 0.6 is 15.9 Å². The molecule has 1 amide bonds. The summed E-state index contributed by atoms with van der Waals surface area (Å²) in [6.07, 6.45) is 0.836. The van der Waals surface area contributed by atoms with E-state index in [9.17, 15) is 14.7 Å². The molecule has 5 nitrogen and oxygen atoms in total. The van der Waals surface area contributed by atoms with Gasteiger partial charge in [0, 0.05) is 18.1 Å². The molecule has 0 unspecified atom stereocenters. The molecule has 0 atom stereocenters. The van der Waals surface area contributed by atoms with Crippen LogP contribution in [0.15, 0.2) is 40.6 Å². The number of halogens is 1. The monoisotopic (exact) mass is 327 g/mol. The molecular formula is C13H14BrNO4. The molecule has 0 aliphatic carbocycles. The summed E-state index contributed by atoms with van der Waals surface area (Å²) in [5.41, 5.74) is 0.921. The zero-order chi connectivity index (χ0) is 14.4. The molecule has 102 valence electrons. The smallest absolute Gasteiger partial charge is 0.373 e. The number of ether oxygens (including phenoxy) is 1. The van der Waals surface area contributed by atoms with Crippen LogP contribution in [0.25, 0.3) is 0 Å². The van der Waals surface area contributed by atoms with E-state index in [1.165, 1.54) is 4.90 Å². The van der Waals surface area contributed by atoms with E-state index in [-0.39, 0.29) is 0 Å². The van der Waals surface area contributed by atoms with Crippen LogP contribution in [-0.4, -0.2) is 36.0 Å². The van der Waals surface area contributed by atoms with Crippen molar-refractivity contribution in [2.45, 2.75) is 6.54 Å². The Bertz CT molecular complexity index is 513. The molecule has 0 saturated carbocycles. The van der Waals surface area contributed by atoms with Gasteiger partial charge < -0.3 is 14.7 Å². The highest BCUT2D eigenvalue weighted by Gasteiger charge is 2.13. The molecule has 1 aromatic rings. The van der Waals surface area contributed by atoms with Gasteiger partial charge in [0.05, 0.1) is 13.2 Å². The molecule has 6 heteroatoms. The van der Waals surface area contributed by atoms with Gasteiger partial charge in [0.1, 0.15) is 0 Å². The van der Waals surface area contributed by atoms with Gasteiger partial charge >= 0.3 is 5.97 Å². The van der Waals surface area contributed by atoms with Crippen molar-refractivity contribution in [3.05, 3.63) is 46.1 Å². The SMILES string of the molecule is COC(=O)/C(O)=C/C(=O)N(C)Cc1ccccc1Br. The largest absolute Gasteiger partial charge is 0.502 e. The first-order valence-corrected chi connectivity index (χ1v) is 6.22. The lowest BCUT2D eigenvalue weighted by Crippen LogP contribution is -2.25. The molecule has 0 bridgehead atoms. The first-order chi connectivity index (χ1) is 8.95. The summed E-state index contributed by atoms with van der Waals surface area (Å²) >= 11 is 3.38. The maximum atomic E-state index is 11.8. The van der Waals surface area contributed by atoms with Crippen LogP contribution in [0, 0.1) is 0 Å². The second-order valence-electron chi connectivity index (χ2n) is 3.81. The van der Waals surface area contributed by atoms with Gasteiger partial charge in [0.25, 0.3) is 5.91 Å². The molecule has 0 aliphatic heterocycles. The van der Waals surface area contributed by atoms with Crippen molar-refractivity contribution in [1.82, 2.24) is 4.90 Å². The van der Waals surface area contributed by atoms with E-state index in [0.29, 0.717) is 6.54 Å². The Hall–Kier alpha value is -1.82. The number of hydrogen-bond donors (Lipinski definition) is 1. The predicted molar refractivity (Wildman–Crippen MR) is 73.3 cm³/mol. The fraction of sp³-hybridized carbons (Fsp3) is 0.231. The van der Waals surface area contributed by atoms with Crippen LogP contribution in [0.1, 0.15) is 5.56 Å². The topological polar surface area (TPSA) is 66.8 Å². The molecule has 0 heterocycles. The maximum absolute atomic E-state index is 11.8. The van der Waals surface area contributed by atoms with Crippen molar-refractivity contribution < 1.29 is 19.4 Å². The Kier molecular flexibility index (Phi) is 5.57. The van der Waals surface area contributed by atoms with E-state index in [1.54, 1.807) is 7.05 Å². The predicted octanol–water partition coefficient (Wildman–Crippen LogP) is 2.02. The molecule has 0 aliphatic rings. The minimum atomic E-state index is -0.942. The van der Waals surface area contributed by atoms with E-state index in [0.717, 1.165) is 23.2 Å². The average Bonchev–Trinajstić information content (AvgIpc) is 2.40. The first kappa shape index (κ1) is 15.2. The summed E-state index contributed by atoms with van der Waals surface area (Å²) in [5, 5.41) is 9.29. The molecule has 0 radical (unpaired) electrons. The fourth-order valence-electron chi connectivity index (χ4n) is 1.35. The number of hydrogen-bond acceptors (Lipinski definition) is 4. The van der Waals surface area contributed by atoms with E-state index in [2.05, 4.69) is 20.7 Å². The molecule has 19 heavy (non-hydrogen) atoms. The Morgan fingerprint density at radius 3 is 2.63 bits per heavy atom. The maximum Gasteiger partial charge on any atom is 0.373 e. The molecule has 0 spiro atoms. The highest BCUT2D eigenvalue weighted by molar-refractivity contribution is 9.10. The lowest BCUT2D eigenvalue weighted by Gasteiger charge is -2.16. The number of esters is 1. The van der Waals surface area contributed by atoms with Gasteiger partial charge in [0.2, 0.25) is 5.76 Å². The Balaban J connectivity index is 2.74. The number of likely N-dealkylation sites (N-methyl/N-ethyl adjacent to an activating group) is 1. The van der Waals surface area contributed by atoms with Gasteiger partial charge in [-0.3, -0.25) is 4.79 Å². The number of aliphatic hydroxyl groups excluding tert-OH is 1. The number of nitrogens with zero attached hydrogens (tertiary/aromatic N) is 1. The minimum Gasteiger partial charge on any atom is -0.502 e. The standard InChI is InChI=1S/C13H14BrNO4/c1-15(8-9-5-3-4-6-10(9)14)12(17)7-11(16)13(18)19-2/h3-7,16H,8H2,1-2H3/b11-7-. The number of rotatable bonds is 4. The van der Waals surface area contributed by atoms with Crippen molar-refractivity contribution in [1.29, 1.82) is 0 Å². The van der Waals surface area contributed by atoms with Gasteiger partial charge in [-0.2, -0.15) is 0 Å². The van der Waals surface area contributed by atoms with Crippen LogP contribution in [-0.2, 0) is 20.9 Å². The van der Waals surface area contributed by atoms with Crippen molar-refractivity contribution in [2.24, 2.45) is 0 Å². The van der Waals surface area contributed by atoms with Gasteiger partial charge in [-0.15, -0.1) is 0 Å². The summed E-state index contributed by atoms with van der Waals surface area (Å²) < 4.78 is 5.18. The Morgan fingerprint density at radius 2 is 2.05 bits per heavy atom. The molecule has 1 aromatic carbocycles. The highest BCUT2D eigenvalue weighted by Crippen LogP contribution is 2.17. The van der Waals surface area contributed by atoms with E-state index in [1.807, 2.05) is 24.3 Å². The summed E-state index contributed by atoms with van der Waals surface area (Å²) in [6, 6.07) is 7.48. The van der Waals surface area contributed by atoms with E-state index in [4.69, 9.17) is 0 Å². The third-order valence-corrected chi connectivity index (χ3v) is 3.17. The quantitative estimate of drug-likeness (QED) is 0.522. The number of amides is 1. The Labute approximate surface area is 119 Å². The summed E-state index contributed by atoms with van der Waals surface area (Å²) in [7, 11) is 2.70. The van der Waals surface area contributed by atoms with Gasteiger partial charge in [-0.1, -0.05) is 34.1 Å². The fourth-order valence-corrected chi connectivity index (χ4v) is 1.76. The van der Waals surface area contributed by atoms with Crippen LogP contribution in [0.4, 0.5) is 0 Å². The lowest BCUT2D eigenvalue weighted by molar-refractivity contribution is -0.139. The minimum absolute atomic E-state index is 0.352. The van der Waals surface area contributed by atoms with Gasteiger partial charge in [-0.05, 0) is 11.6 Å². The highest BCUT2D eigenvalue weighted by atomic mass is 79.9. The third-order valence-electron chi connectivity index (χ3n) is 2.40. The van der Waals surface area contributed by atoms with Crippen LogP contribution in [0.2, 0.25) is 0 Å². The number of benzene rings is 1. The number of carbonyl (C=O) groups is 2. The average molecular weight is 328 g/mol. The Morgan fingerprint density at radius 1 is 1.42 bits per heavy atom. The molecular weight excluding hydrogens is 314 g/mol. The summed E-state index contributed by atoms with van der Waals surface area (Å²) in [5.74, 6) is -2.15. The van der Waals surface area contributed by atoms with Crippen LogP contribution in [0.3, 0.4) is 0 Å². The van der Waals surface area contributed by atoms with Gasteiger partial charge in [0.15, 0.2) is 0 Å². The van der Waals surface area contributed by atoms with E-state index < -0.39 is 17.6 Å². The molecule has 0 fully saturated rings. The molecule has 0 saturated heterocycles. The van der Waals surface area contributed by atoms with Crippen molar-refractivity contribution in [2.75, 3.05) is 14.2 Å². The second kappa shape index (κ2) is 6.94. The molecule has 1 rings (SSSR count). The number of aliphatic hydroxyl groups is 1. The van der Waals surface area contributed by atoms with Crippen molar-refractivity contribution in [3.8, 4) is 0 Å². The number of methoxy groups -OCH3 is 1. The zero-order valence-corrected chi connectivity index (χ0v) is 12.2. The lowest BCUT2D eigenvalue weighted by atomic mass is 10.2. The summed E-state index contributed by atoms with van der Waals surface area (Å²) in [4.78, 5) is 24.1. The van der Waals surface area contributed by atoms with Gasteiger partial charge in [-0.25, -0.2) is 4.79 Å². The second-order valence-corrected chi connectivity index (χ2v) is 4.66. The number of carbonyl (C=O) groups excluding carboxylic acids is 2. The van der Waals surface area contributed by atoms with E-state index >= 15 is 0 Å². The summed E-state index contributed by atoms with van der Waals surface area (Å²) in [6.45, 7) is 0.352. The van der Waals surface area contributed by atoms with Crippen molar-refractivity contribution in [3.63, 3.8) is 0 Å². The molecule has 1 N–H and O–H groups in total. The van der Waals surface area contributed by atoms with Crippen LogP contribution < -0.4 is 0 Å². The van der Waals surface area contributed by atoms with Crippen LogP contribution in [0.5, 0.6) is 0 Å². The normalized spacial score (nSPS) is 11.0. The first-order valence-electron chi connectivity index (χ1n) is 5.43. The molecule has 0 aromatic heterocycles.